The van der Waals surface area contributed by atoms with Crippen molar-refractivity contribution in [2.45, 2.75) is 26.7 Å². The standard InChI is InChI=1S/C15H17NO2/c1-10(2)8-12-13(15(18)16-14(12)17)9-11-6-4-3-5-7-11/h3-7,10H,8-9H2,1-2H3,(H,16,17,18). The number of benzene rings is 1. The van der Waals surface area contributed by atoms with Gasteiger partial charge in [0.15, 0.2) is 0 Å². The Labute approximate surface area is 107 Å². The summed E-state index contributed by atoms with van der Waals surface area (Å²) in [6.45, 7) is 4.09. The Morgan fingerprint density at radius 2 is 1.61 bits per heavy atom. The number of hydrogen-bond donors (Lipinski definition) is 1. The summed E-state index contributed by atoms with van der Waals surface area (Å²) in [5.41, 5.74) is 2.33. The van der Waals surface area contributed by atoms with E-state index in [0.717, 1.165) is 5.56 Å². The van der Waals surface area contributed by atoms with Gasteiger partial charge in [0.05, 0.1) is 0 Å². The van der Waals surface area contributed by atoms with Gasteiger partial charge in [0.25, 0.3) is 11.8 Å². The van der Waals surface area contributed by atoms with E-state index in [0.29, 0.717) is 29.9 Å². The van der Waals surface area contributed by atoms with Gasteiger partial charge in [0, 0.05) is 17.6 Å². The van der Waals surface area contributed by atoms with E-state index < -0.39 is 0 Å². The van der Waals surface area contributed by atoms with Crippen LogP contribution in [0.5, 0.6) is 0 Å². The van der Waals surface area contributed by atoms with Crippen molar-refractivity contribution in [1.29, 1.82) is 0 Å². The molecule has 1 aliphatic rings. The maximum Gasteiger partial charge on any atom is 0.254 e. The number of nitrogens with one attached hydrogen (secondary N) is 1. The third-order valence-corrected chi connectivity index (χ3v) is 2.98. The molecule has 0 aromatic heterocycles. The van der Waals surface area contributed by atoms with E-state index in [1.807, 2.05) is 44.2 Å². The molecule has 94 valence electrons. The van der Waals surface area contributed by atoms with Crippen LogP contribution < -0.4 is 5.32 Å². The fraction of sp³-hybridized carbons (Fsp3) is 0.333. The normalized spacial score (nSPS) is 15.5. The Bertz CT molecular complexity index is 500. The molecule has 0 fully saturated rings. The average molecular weight is 243 g/mol. The molecule has 2 rings (SSSR count). The lowest BCUT2D eigenvalue weighted by Gasteiger charge is -2.06. The molecular weight excluding hydrogens is 226 g/mol. The van der Waals surface area contributed by atoms with Gasteiger partial charge in [-0.1, -0.05) is 44.2 Å². The van der Waals surface area contributed by atoms with Crippen LogP contribution in [0, 0.1) is 5.92 Å². The number of rotatable bonds is 4. The van der Waals surface area contributed by atoms with Crippen molar-refractivity contribution in [3.05, 3.63) is 47.0 Å². The van der Waals surface area contributed by atoms with Crippen LogP contribution in [-0.2, 0) is 16.0 Å². The van der Waals surface area contributed by atoms with Gasteiger partial charge in [0.1, 0.15) is 0 Å². The van der Waals surface area contributed by atoms with Gasteiger partial charge >= 0.3 is 0 Å². The van der Waals surface area contributed by atoms with Crippen LogP contribution in [0.3, 0.4) is 0 Å². The molecule has 0 saturated carbocycles. The molecule has 18 heavy (non-hydrogen) atoms. The first-order chi connectivity index (χ1) is 8.58. The first-order valence-corrected chi connectivity index (χ1v) is 6.19. The lowest BCUT2D eigenvalue weighted by molar-refractivity contribution is -0.124. The second-order valence-corrected chi connectivity index (χ2v) is 5.00. The Morgan fingerprint density at radius 1 is 1.00 bits per heavy atom. The molecule has 1 heterocycles. The number of imide groups is 1. The molecule has 0 unspecified atom stereocenters. The lowest BCUT2D eigenvalue weighted by Crippen LogP contribution is -2.23. The smallest absolute Gasteiger partial charge is 0.254 e. The molecule has 1 N–H and O–H groups in total. The van der Waals surface area contributed by atoms with Gasteiger partial charge in [-0.05, 0) is 17.9 Å². The minimum absolute atomic E-state index is 0.223. The van der Waals surface area contributed by atoms with Crippen LogP contribution in [0.15, 0.2) is 41.5 Å². The average Bonchev–Trinajstić information content (AvgIpc) is 2.57. The Morgan fingerprint density at radius 3 is 2.22 bits per heavy atom. The van der Waals surface area contributed by atoms with Crippen LogP contribution in [0.2, 0.25) is 0 Å². The summed E-state index contributed by atoms with van der Waals surface area (Å²) in [6.07, 6.45) is 1.18. The molecule has 1 aromatic carbocycles. The lowest BCUT2D eigenvalue weighted by atomic mass is 9.95. The van der Waals surface area contributed by atoms with E-state index in [-0.39, 0.29) is 11.8 Å². The van der Waals surface area contributed by atoms with E-state index >= 15 is 0 Å². The van der Waals surface area contributed by atoms with E-state index in [1.165, 1.54) is 0 Å². The number of amides is 2. The van der Waals surface area contributed by atoms with Crippen molar-refractivity contribution in [2.75, 3.05) is 0 Å². The van der Waals surface area contributed by atoms with Gasteiger partial charge in [-0.15, -0.1) is 0 Å². The second-order valence-electron chi connectivity index (χ2n) is 5.00. The highest BCUT2D eigenvalue weighted by molar-refractivity contribution is 6.19. The molecule has 0 spiro atoms. The maximum atomic E-state index is 11.8. The van der Waals surface area contributed by atoms with Crippen LogP contribution >= 0.6 is 0 Å². The van der Waals surface area contributed by atoms with Crippen molar-refractivity contribution in [3.8, 4) is 0 Å². The predicted octanol–water partition coefficient (Wildman–Crippen LogP) is 2.23. The van der Waals surface area contributed by atoms with Crippen molar-refractivity contribution in [1.82, 2.24) is 5.32 Å². The van der Waals surface area contributed by atoms with E-state index in [4.69, 9.17) is 0 Å². The van der Waals surface area contributed by atoms with Crippen molar-refractivity contribution < 1.29 is 9.59 Å². The molecule has 0 bridgehead atoms. The zero-order valence-corrected chi connectivity index (χ0v) is 10.7. The number of carbonyl (C=O) groups is 2. The number of carbonyl (C=O) groups excluding carboxylic acids is 2. The van der Waals surface area contributed by atoms with Gasteiger partial charge in [-0.25, -0.2) is 0 Å². The topological polar surface area (TPSA) is 46.2 Å². The molecule has 1 aliphatic heterocycles. The first-order valence-electron chi connectivity index (χ1n) is 6.19. The Balaban J connectivity index is 2.28. The largest absolute Gasteiger partial charge is 0.289 e. The molecular formula is C15H17NO2. The molecule has 0 atom stereocenters. The summed E-state index contributed by atoms with van der Waals surface area (Å²) in [7, 11) is 0. The van der Waals surface area contributed by atoms with Gasteiger partial charge < -0.3 is 0 Å². The van der Waals surface area contributed by atoms with Gasteiger partial charge in [0.2, 0.25) is 0 Å². The summed E-state index contributed by atoms with van der Waals surface area (Å²) < 4.78 is 0. The predicted molar refractivity (Wildman–Crippen MR) is 69.8 cm³/mol. The van der Waals surface area contributed by atoms with Gasteiger partial charge in [-0.3, -0.25) is 14.9 Å². The molecule has 3 nitrogen and oxygen atoms in total. The zero-order chi connectivity index (χ0) is 13.1. The highest BCUT2D eigenvalue weighted by Gasteiger charge is 2.29. The Kier molecular flexibility index (Phi) is 3.60. The maximum absolute atomic E-state index is 11.8. The summed E-state index contributed by atoms with van der Waals surface area (Å²) in [5, 5.41) is 2.39. The van der Waals surface area contributed by atoms with Crippen LogP contribution in [0.25, 0.3) is 0 Å². The minimum atomic E-state index is -0.237. The highest BCUT2D eigenvalue weighted by Crippen LogP contribution is 2.23. The summed E-state index contributed by atoms with van der Waals surface area (Å²) in [5.74, 6) is -0.0958. The second kappa shape index (κ2) is 5.17. The summed E-state index contributed by atoms with van der Waals surface area (Å²) >= 11 is 0. The number of hydrogen-bond acceptors (Lipinski definition) is 2. The summed E-state index contributed by atoms with van der Waals surface area (Å²) in [4.78, 5) is 23.5. The molecule has 3 heteroatoms. The third-order valence-electron chi connectivity index (χ3n) is 2.98. The van der Waals surface area contributed by atoms with Gasteiger partial charge in [-0.2, -0.15) is 0 Å². The fourth-order valence-corrected chi connectivity index (χ4v) is 2.14. The van der Waals surface area contributed by atoms with E-state index in [1.54, 1.807) is 0 Å². The fourth-order valence-electron chi connectivity index (χ4n) is 2.14. The molecule has 0 aliphatic carbocycles. The van der Waals surface area contributed by atoms with Crippen LogP contribution in [-0.4, -0.2) is 11.8 Å². The summed E-state index contributed by atoms with van der Waals surface area (Å²) in [6, 6.07) is 9.75. The quantitative estimate of drug-likeness (QED) is 0.824. The van der Waals surface area contributed by atoms with E-state index in [2.05, 4.69) is 5.32 Å². The molecule has 0 saturated heterocycles. The van der Waals surface area contributed by atoms with E-state index in [9.17, 15) is 9.59 Å². The molecule has 1 aromatic rings. The van der Waals surface area contributed by atoms with Crippen LogP contribution in [0.4, 0.5) is 0 Å². The van der Waals surface area contributed by atoms with Crippen molar-refractivity contribution in [2.24, 2.45) is 5.92 Å². The third kappa shape index (κ3) is 2.67. The molecule has 0 radical (unpaired) electrons. The highest BCUT2D eigenvalue weighted by atomic mass is 16.2. The monoisotopic (exact) mass is 243 g/mol. The minimum Gasteiger partial charge on any atom is -0.289 e. The Hall–Kier alpha value is -1.90. The van der Waals surface area contributed by atoms with Crippen molar-refractivity contribution >= 4 is 11.8 Å². The first kappa shape index (κ1) is 12.6. The van der Waals surface area contributed by atoms with Crippen LogP contribution in [0.1, 0.15) is 25.8 Å². The zero-order valence-electron chi connectivity index (χ0n) is 10.7. The molecule has 2 amide bonds. The SMILES string of the molecule is CC(C)CC1=C(Cc2ccccc2)C(=O)NC1=O. The van der Waals surface area contributed by atoms with Crippen molar-refractivity contribution in [3.63, 3.8) is 0 Å².